The second kappa shape index (κ2) is 37.8. The Labute approximate surface area is 338 Å². The van der Waals surface area contributed by atoms with Gasteiger partial charge in [0, 0.05) is 12.8 Å². The van der Waals surface area contributed by atoms with E-state index < -0.39 is 26.5 Å². The normalized spacial score (nSPS) is 13.9. The number of unbranched alkanes of at least 4 members (excludes halogenated alkanes) is 20. The van der Waals surface area contributed by atoms with E-state index in [0.717, 1.165) is 70.6 Å². The average Bonchev–Trinajstić information content (AvgIpc) is 3.13. The minimum absolute atomic E-state index is 0.0295. The van der Waals surface area contributed by atoms with Crippen molar-refractivity contribution >= 4 is 19.8 Å². The van der Waals surface area contributed by atoms with Gasteiger partial charge >= 0.3 is 19.8 Å². The highest BCUT2D eigenvalue weighted by atomic mass is 31.2. The summed E-state index contributed by atoms with van der Waals surface area (Å²) in [5.41, 5.74) is 0. The van der Waals surface area contributed by atoms with Gasteiger partial charge in [-0.1, -0.05) is 166 Å². The largest absolute Gasteiger partial charge is 0.472 e. The molecule has 1 unspecified atom stereocenters. The molecule has 0 aliphatic carbocycles. The van der Waals surface area contributed by atoms with E-state index in [0.29, 0.717) is 17.4 Å². The van der Waals surface area contributed by atoms with Gasteiger partial charge in [0.05, 0.1) is 27.7 Å². The molecule has 322 valence electrons. The number of nitrogens with zero attached hydrogens (tertiary/aromatic N) is 1. The second-order valence-corrected chi connectivity index (χ2v) is 17.5. The molecule has 0 rings (SSSR count). The van der Waals surface area contributed by atoms with Gasteiger partial charge in [0.15, 0.2) is 6.10 Å². The van der Waals surface area contributed by atoms with Crippen molar-refractivity contribution in [2.45, 2.75) is 193 Å². The fraction of sp³-hybridized carbons (Fsp3) is 0.822. The first-order valence-corrected chi connectivity index (χ1v) is 23.7. The lowest BCUT2D eigenvalue weighted by Gasteiger charge is -2.24. The predicted octanol–water partition coefficient (Wildman–Crippen LogP) is 12.5. The monoisotopic (exact) mass is 799 g/mol. The van der Waals surface area contributed by atoms with E-state index in [1.807, 2.05) is 21.1 Å². The molecule has 0 spiro atoms. The first kappa shape index (κ1) is 53.2. The van der Waals surface area contributed by atoms with Crippen LogP contribution in [0.25, 0.3) is 0 Å². The number of quaternary nitrogens is 1. The van der Waals surface area contributed by atoms with Gasteiger partial charge in [-0.15, -0.1) is 0 Å². The van der Waals surface area contributed by atoms with Crippen molar-refractivity contribution in [1.82, 2.24) is 0 Å². The summed E-state index contributed by atoms with van der Waals surface area (Å²) in [6, 6.07) is 0. The Morgan fingerprint density at radius 1 is 0.582 bits per heavy atom. The standard InChI is InChI=1S/C45H84NO8P/c1-6-8-10-12-14-16-18-20-22-24-26-28-30-32-34-36-38-45(48)54-43(42-53-55(49,50)52-40-39-46(3,4)5)41-51-44(47)37-35-33-31-29-27-25-23-21-19-17-15-13-11-9-7-2/h9,11,15,17,21,23,43H,6-8,10,12-14,16,18-20,22,24-42H2,1-5H3/p+1/b11-9+,17-15+,23-21+/t43-/m1/s1. The van der Waals surface area contributed by atoms with Gasteiger partial charge in [-0.3, -0.25) is 18.6 Å². The number of carbonyl (C=O) groups is 2. The highest BCUT2D eigenvalue weighted by Gasteiger charge is 2.27. The van der Waals surface area contributed by atoms with Crippen LogP contribution >= 0.6 is 7.82 Å². The molecule has 0 amide bonds. The van der Waals surface area contributed by atoms with Crippen LogP contribution in [0, 0.1) is 0 Å². The fourth-order valence-corrected chi connectivity index (χ4v) is 6.71. The molecule has 0 aromatic carbocycles. The smallest absolute Gasteiger partial charge is 0.462 e. The summed E-state index contributed by atoms with van der Waals surface area (Å²) in [7, 11) is 1.47. The Morgan fingerprint density at radius 2 is 1.04 bits per heavy atom. The number of hydrogen-bond acceptors (Lipinski definition) is 7. The molecular formula is C45H85NO8P+. The van der Waals surface area contributed by atoms with Crippen molar-refractivity contribution in [3.05, 3.63) is 36.5 Å². The van der Waals surface area contributed by atoms with Crippen molar-refractivity contribution in [2.24, 2.45) is 0 Å². The quantitative estimate of drug-likeness (QED) is 0.0215. The number of phosphoric ester groups is 1. The molecule has 10 heteroatoms. The van der Waals surface area contributed by atoms with E-state index in [2.05, 4.69) is 50.3 Å². The Bertz CT molecular complexity index is 1040. The number of esters is 2. The van der Waals surface area contributed by atoms with Gasteiger partial charge in [-0.2, -0.15) is 0 Å². The molecule has 0 aromatic heterocycles. The van der Waals surface area contributed by atoms with Crippen LogP contribution < -0.4 is 0 Å². The molecule has 0 radical (unpaired) electrons. The fourth-order valence-electron chi connectivity index (χ4n) is 5.97. The van der Waals surface area contributed by atoms with Crippen LogP contribution in [-0.4, -0.2) is 74.9 Å². The molecule has 1 N–H and O–H groups in total. The molecule has 0 bridgehead atoms. The molecule has 0 aliphatic rings. The number of ether oxygens (including phenoxy) is 2. The molecule has 55 heavy (non-hydrogen) atoms. The van der Waals surface area contributed by atoms with Crippen molar-refractivity contribution in [1.29, 1.82) is 0 Å². The van der Waals surface area contributed by atoms with E-state index in [1.54, 1.807) is 0 Å². The van der Waals surface area contributed by atoms with E-state index in [9.17, 15) is 19.0 Å². The third kappa shape index (κ3) is 41.7. The number of rotatable bonds is 40. The van der Waals surface area contributed by atoms with Gasteiger partial charge in [0.2, 0.25) is 0 Å². The molecule has 0 saturated carbocycles. The predicted molar refractivity (Wildman–Crippen MR) is 229 cm³/mol. The van der Waals surface area contributed by atoms with Crippen LogP contribution in [0.5, 0.6) is 0 Å². The van der Waals surface area contributed by atoms with Crippen LogP contribution in [0.2, 0.25) is 0 Å². The first-order valence-electron chi connectivity index (χ1n) is 22.2. The molecule has 0 aromatic rings. The lowest BCUT2D eigenvalue weighted by molar-refractivity contribution is -0.870. The summed E-state index contributed by atoms with van der Waals surface area (Å²) in [5, 5.41) is 0. The van der Waals surface area contributed by atoms with Crippen LogP contribution in [0.4, 0.5) is 0 Å². The van der Waals surface area contributed by atoms with Crippen molar-refractivity contribution < 1.29 is 42.1 Å². The maximum atomic E-state index is 12.7. The Balaban J connectivity index is 4.36. The number of likely N-dealkylation sites (N-methyl/N-ethyl adjacent to an activating group) is 1. The van der Waals surface area contributed by atoms with Gasteiger partial charge in [0.1, 0.15) is 19.8 Å². The third-order valence-electron chi connectivity index (χ3n) is 9.43. The molecule has 0 aliphatic heterocycles. The minimum Gasteiger partial charge on any atom is -0.462 e. The lowest BCUT2D eigenvalue weighted by Crippen LogP contribution is -2.37. The van der Waals surface area contributed by atoms with Gasteiger partial charge in [-0.05, 0) is 44.9 Å². The van der Waals surface area contributed by atoms with Gasteiger partial charge < -0.3 is 18.9 Å². The SMILES string of the molecule is CC/C=C/C/C=C/C/C=C/CCCCCCCC(=O)OC[C@H](COP(=O)(O)OCC[N+](C)(C)C)OC(=O)CCCCCCCCCCCCCCCCCC. The topological polar surface area (TPSA) is 108 Å². The maximum Gasteiger partial charge on any atom is 0.472 e. The number of phosphoric acid groups is 1. The summed E-state index contributed by atoms with van der Waals surface area (Å²) in [5.74, 6) is -0.814. The first-order chi connectivity index (χ1) is 26.5. The molecule has 2 atom stereocenters. The summed E-state index contributed by atoms with van der Waals surface area (Å²) >= 11 is 0. The molecule has 0 saturated heterocycles. The number of carbonyl (C=O) groups excluding carboxylic acids is 2. The van der Waals surface area contributed by atoms with Crippen LogP contribution in [0.15, 0.2) is 36.5 Å². The summed E-state index contributed by atoms with van der Waals surface area (Å²) in [6.07, 6.45) is 41.9. The number of allylic oxidation sites excluding steroid dienone is 6. The summed E-state index contributed by atoms with van der Waals surface area (Å²) in [4.78, 5) is 35.4. The summed E-state index contributed by atoms with van der Waals surface area (Å²) in [6.45, 7) is 4.30. The van der Waals surface area contributed by atoms with Gasteiger partial charge in [0.25, 0.3) is 0 Å². The van der Waals surface area contributed by atoms with E-state index in [-0.39, 0.29) is 32.0 Å². The minimum atomic E-state index is -4.38. The van der Waals surface area contributed by atoms with E-state index >= 15 is 0 Å². The Morgan fingerprint density at radius 3 is 1.55 bits per heavy atom. The number of hydrogen-bond donors (Lipinski definition) is 1. The van der Waals surface area contributed by atoms with E-state index in [4.69, 9.17) is 18.5 Å². The molecular weight excluding hydrogens is 713 g/mol. The van der Waals surface area contributed by atoms with Crippen LogP contribution in [0.3, 0.4) is 0 Å². The molecule has 0 heterocycles. The Hall–Kier alpha value is -1.77. The highest BCUT2D eigenvalue weighted by Crippen LogP contribution is 2.43. The lowest BCUT2D eigenvalue weighted by atomic mass is 10.0. The van der Waals surface area contributed by atoms with Crippen LogP contribution in [-0.2, 0) is 32.7 Å². The van der Waals surface area contributed by atoms with E-state index in [1.165, 1.54) is 83.5 Å². The zero-order valence-corrected chi connectivity index (χ0v) is 37.1. The maximum absolute atomic E-state index is 12.7. The van der Waals surface area contributed by atoms with Gasteiger partial charge in [-0.25, -0.2) is 4.57 Å². The highest BCUT2D eigenvalue weighted by molar-refractivity contribution is 7.47. The zero-order valence-electron chi connectivity index (χ0n) is 36.2. The summed E-state index contributed by atoms with van der Waals surface area (Å²) < 4.78 is 34.3. The van der Waals surface area contributed by atoms with Crippen LogP contribution in [0.1, 0.15) is 187 Å². The van der Waals surface area contributed by atoms with Crippen molar-refractivity contribution in [2.75, 3.05) is 47.5 Å². The molecule has 9 nitrogen and oxygen atoms in total. The third-order valence-corrected chi connectivity index (χ3v) is 10.4. The van der Waals surface area contributed by atoms with Crippen molar-refractivity contribution in [3.63, 3.8) is 0 Å². The van der Waals surface area contributed by atoms with Crippen molar-refractivity contribution in [3.8, 4) is 0 Å². The zero-order chi connectivity index (χ0) is 40.7. The Kier molecular flexibility index (Phi) is 36.6. The average molecular weight is 799 g/mol. The second-order valence-electron chi connectivity index (χ2n) is 16.1. The molecule has 0 fully saturated rings.